The van der Waals surface area contributed by atoms with E-state index in [1.165, 1.54) is 12.1 Å². The summed E-state index contributed by atoms with van der Waals surface area (Å²) >= 11 is 0. The Labute approximate surface area is 192 Å². The summed E-state index contributed by atoms with van der Waals surface area (Å²) in [6, 6.07) is 5.99. The number of rotatable bonds is 9. The number of aryl methyl sites for hydroxylation is 1. The summed E-state index contributed by atoms with van der Waals surface area (Å²) in [4.78, 5) is 27.7. The average molecular weight is 469 g/mol. The standard InChI is InChI=1S/C16H28N2O3.C7H8O3S/c1-5-13(16(20)21-11-10-17(3)4)12-14(6-2)18-9-7-8-15(18)19;1-6-2-4-7(5-3-6)11(8,9)10/h6,13H,5,7-12H2,1-4H3;2-5H,1H3,(H,8,9,10). The van der Waals surface area contributed by atoms with Gasteiger partial charge in [0.05, 0.1) is 10.8 Å². The lowest BCUT2D eigenvalue weighted by Crippen LogP contribution is -2.28. The molecule has 0 spiro atoms. The molecule has 1 N–H and O–H groups in total. The minimum atomic E-state index is -4.02. The molecule has 1 aromatic carbocycles. The third-order valence-corrected chi connectivity index (χ3v) is 6.00. The van der Waals surface area contributed by atoms with E-state index in [4.69, 9.17) is 9.29 Å². The molecular weight excluding hydrogens is 432 g/mol. The molecule has 0 bridgehead atoms. The van der Waals surface area contributed by atoms with Crippen molar-refractivity contribution in [2.45, 2.75) is 51.3 Å². The Bertz CT molecular complexity index is 878. The third-order valence-electron chi connectivity index (χ3n) is 5.14. The smallest absolute Gasteiger partial charge is 0.309 e. The maximum Gasteiger partial charge on any atom is 0.309 e. The summed E-state index contributed by atoms with van der Waals surface area (Å²) < 4.78 is 34.9. The molecule has 1 atom stereocenters. The molecule has 1 amide bonds. The highest BCUT2D eigenvalue weighted by Crippen LogP contribution is 2.24. The van der Waals surface area contributed by atoms with Gasteiger partial charge in [0.25, 0.3) is 10.1 Å². The first kappa shape index (κ1) is 27.8. The number of likely N-dealkylation sites (tertiary alicyclic amines) is 1. The van der Waals surface area contributed by atoms with Crippen LogP contribution in [0.2, 0.25) is 0 Å². The number of carbonyl (C=O) groups is 2. The topological polar surface area (TPSA) is 104 Å². The van der Waals surface area contributed by atoms with Crippen LogP contribution in [0.1, 0.15) is 45.1 Å². The Balaban J connectivity index is 0.000000389. The van der Waals surface area contributed by atoms with Crippen LogP contribution >= 0.6 is 0 Å². The van der Waals surface area contributed by atoms with Gasteiger partial charge in [0.2, 0.25) is 5.91 Å². The average Bonchev–Trinajstić information content (AvgIpc) is 3.14. The number of nitrogens with zero attached hydrogens (tertiary/aromatic N) is 2. The highest BCUT2D eigenvalue weighted by atomic mass is 32.2. The van der Waals surface area contributed by atoms with Crippen molar-refractivity contribution < 1.29 is 27.3 Å². The molecule has 0 aliphatic carbocycles. The monoisotopic (exact) mass is 468 g/mol. The number of likely N-dealkylation sites (N-methyl/N-ethyl adjacent to an activating group) is 1. The lowest BCUT2D eigenvalue weighted by atomic mass is 9.99. The molecule has 0 radical (unpaired) electrons. The number of benzene rings is 1. The van der Waals surface area contributed by atoms with Crippen molar-refractivity contribution in [3.63, 3.8) is 0 Å². The number of hydrogen-bond acceptors (Lipinski definition) is 6. The lowest BCUT2D eigenvalue weighted by Gasteiger charge is -2.23. The van der Waals surface area contributed by atoms with Crippen molar-refractivity contribution in [1.29, 1.82) is 0 Å². The quantitative estimate of drug-likeness (QED) is 0.438. The molecule has 1 aromatic rings. The van der Waals surface area contributed by atoms with E-state index in [1.54, 1.807) is 12.1 Å². The number of ether oxygens (including phenoxy) is 1. The van der Waals surface area contributed by atoms with Gasteiger partial charge in [-0.2, -0.15) is 8.42 Å². The van der Waals surface area contributed by atoms with E-state index < -0.39 is 10.1 Å². The number of allylic oxidation sites excluding steroid dienone is 2. The minimum Gasteiger partial charge on any atom is -0.464 e. The van der Waals surface area contributed by atoms with E-state index in [0.717, 1.165) is 37.2 Å². The molecule has 1 aliphatic heterocycles. The molecular formula is C23H36N2O6S. The normalized spacial score (nSPS) is 15.4. The molecule has 32 heavy (non-hydrogen) atoms. The summed E-state index contributed by atoms with van der Waals surface area (Å²) in [7, 11) is -0.127. The predicted molar refractivity (Wildman–Crippen MR) is 124 cm³/mol. The molecule has 0 saturated carbocycles. The van der Waals surface area contributed by atoms with Gasteiger partial charge in [0.1, 0.15) is 6.61 Å². The maximum atomic E-state index is 12.1. The summed E-state index contributed by atoms with van der Waals surface area (Å²) in [6.07, 6.45) is 4.76. The summed E-state index contributed by atoms with van der Waals surface area (Å²) in [5.41, 5.74) is 1.91. The second-order valence-electron chi connectivity index (χ2n) is 8.00. The van der Waals surface area contributed by atoms with Gasteiger partial charge in [-0.15, -0.1) is 0 Å². The molecule has 9 heteroatoms. The number of carbonyl (C=O) groups excluding carboxylic acids is 2. The van der Waals surface area contributed by atoms with Crippen molar-refractivity contribution in [3.8, 4) is 0 Å². The fourth-order valence-electron chi connectivity index (χ4n) is 3.14. The molecule has 1 fully saturated rings. The zero-order valence-corrected chi connectivity index (χ0v) is 20.5. The van der Waals surface area contributed by atoms with Gasteiger partial charge in [0.15, 0.2) is 0 Å². The van der Waals surface area contributed by atoms with Crippen molar-refractivity contribution in [2.24, 2.45) is 5.92 Å². The Morgan fingerprint density at radius 3 is 2.34 bits per heavy atom. The summed E-state index contributed by atoms with van der Waals surface area (Å²) in [6.45, 7) is 7.65. The molecule has 2 rings (SSSR count). The van der Waals surface area contributed by atoms with Crippen molar-refractivity contribution >= 4 is 22.0 Å². The van der Waals surface area contributed by atoms with Gasteiger partial charge < -0.3 is 14.5 Å². The van der Waals surface area contributed by atoms with Crippen LogP contribution in [0.5, 0.6) is 0 Å². The molecule has 0 aromatic heterocycles. The van der Waals surface area contributed by atoms with Gasteiger partial charge in [-0.3, -0.25) is 14.1 Å². The highest BCUT2D eigenvalue weighted by Gasteiger charge is 2.27. The first-order valence-electron chi connectivity index (χ1n) is 10.8. The van der Waals surface area contributed by atoms with Crippen LogP contribution in [0.25, 0.3) is 0 Å². The molecule has 180 valence electrons. The van der Waals surface area contributed by atoms with Crippen molar-refractivity contribution in [2.75, 3.05) is 33.8 Å². The Kier molecular flexibility index (Phi) is 11.6. The van der Waals surface area contributed by atoms with Crippen LogP contribution < -0.4 is 0 Å². The Hall–Kier alpha value is -2.23. The summed E-state index contributed by atoms with van der Waals surface area (Å²) in [5.74, 6) is -0.170. The van der Waals surface area contributed by atoms with Gasteiger partial charge in [-0.25, -0.2) is 0 Å². The largest absolute Gasteiger partial charge is 0.464 e. The predicted octanol–water partition coefficient (Wildman–Crippen LogP) is 3.28. The van der Waals surface area contributed by atoms with Crippen LogP contribution in [0.3, 0.4) is 0 Å². The number of amides is 1. The lowest BCUT2D eigenvalue weighted by molar-refractivity contribution is -0.149. The van der Waals surface area contributed by atoms with Gasteiger partial charge in [-0.1, -0.05) is 30.7 Å². The van der Waals surface area contributed by atoms with E-state index in [9.17, 15) is 18.0 Å². The van der Waals surface area contributed by atoms with Crippen LogP contribution in [-0.4, -0.2) is 68.4 Å². The van der Waals surface area contributed by atoms with Gasteiger partial charge >= 0.3 is 5.97 Å². The molecule has 1 unspecified atom stereocenters. The van der Waals surface area contributed by atoms with E-state index >= 15 is 0 Å². The Morgan fingerprint density at radius 2 is 1.91 bits per heavy atom. The van der Waals surface area contributed by atoms with E-state index in [0.29, 0.717) is 19.4 Å². The van der Waals surface area contributed by atoms with Gasteiger partial charge in [-0.05, 0) is 52.9 Å². The summed E-state index contributed by atoms with van der Waals surface area (Å²) in [5, 5.41) is 0. The van der Waals surface area contributed by atoms with E-state index in [2.05, 4.69) is 0 Å². The zero-order chi connectivity index (χ0) is 24.3. The SMILES string of the molecule is CC=C(CC(CC)C(=O)OCCN(C)C)N1CCCC1=O.Cc1ccc(S(=O)(=O)O)cc1. The van der Waals surface area contributed by atoms with E-state index in [-0.39, 0.29) is 22.7 Å². The van der Waals surface area contributed by atoms with Crippen LogP contribution in [-0.2, 0) is 24.4 Å². The van der Waals surface area contributed by atoms with Crippen molar-refractivity contribution in [1.82, 2.24) is 9.80 Å². The Morgan fingerprint density at radius 1 is 1.28 bits per heavy atom. The zero-order valence-electron chi connectivity index (χ0n) is 19.7. The molecule has 1 saturated heterocycles. The van der Waals surface area contributed by atoms with Crippen molar-refractivity contribution in [3.05, 3.63) is 41.6 Å². The first-order valence-corrected chi connectivity index (χ1v) is 12.2. The number of esters is 1. The molecule has 1 aliphatic rings. The number of hydrogen-bond donors (Lipinski definition) is 1. The molecule has 8 nitrogen and oxygen atoms in total. The fraction of sp³-hybridized carbons (Fsp3) is 0.565. The second kappa shape index (κ2) is 13.3. The minimum absolute atomic E-state index is 0.0666. The third kappa shape index (κ3) is 9.50. The fourth-order valence-corrected chi connectivity index (χ4v) is 3.62. The van der Waals surface area contributed by atoms with Crippen LogP contribution in [0, 0.1) is 12.8 Å². The molecule has 1 heterocycles. The maximum absolute atomic E-state index is 12.1. The van der Waals surface area contributed by atoms with Crippen LogP contribution in [0.15, 0.2) is 40.9 Å². The van der Waals surface area contributed by atoms with Crippen LogP contribution in [0.4, 0.5) is 0 Å². The highest BCUT2D eigenvalue weighted by molar-refractivity contribution is 7.85. The van der Waals surface area contributed by atoms with Gasteiger partial charge in [0, 0.05) is 31.6 Å². The first-order chi connectivity index (χ1) is 15.0. The van der Waals surface area contributed by atoms with E-state index in [1.807, 2.05) is 50.7 Å². The second-order valence-corrected chi connectivity index (χ2v) is 9.42.